The second kappa shape index (κ2) is 4.18. The summed E-state index contributed by atoms with van der Waals surface area (Å²) >= 11 is 3.68. The Hall–Kier alpha value is -0.870. The molecule has 1 aliphatic rings. The van der Waals surface area contributed by atoms with Crippen molar-refractivity contribution in [2.24, 2.45) is 0 Å². The third-order valence-corrected chi connectivity index (χ3v) is 4.86. The molecule has 0 aliphatic heterocycles. The van der Waals surface area contributed by atoms with Crippen molar-refractivity contribution in [2.45, 2.75) is 26.2 Å². The molecule has 0 saturated carbocycles. The van der Waals surface area contributed by atoms with Crippen molar-refractivity contribution in [3.05, 3.63) is 21.2 Å². The highest BCUT2D eigenvalue weighted by Crippen LogP contribution is 2.40. The molecule has 16 heavy (non-hydrogen) atoms. The molecule has 3 rings (SSSR count). The van der Waals surface area contributed by atoms with Gasteiger partial charge in [-0.3, -0.25) is 0 Å². The zero-order valence-electron chi connectivity index (χ0n) is 9.25. The van der Waals surface area contributed by atoms with Crippen molar-refractivity contribution in [2.75, 3.05) is 11.9 Å². The van der Waals surface area contributed by atoms with E-state index in [1.165, 1.54) is 27.4 Å². The van der Waals surface area contributed by atoms with Crippen LogP contribution in [0.25, 0.3) is 11.3 Å². The predicted octanol–water partition coefficient (Wildman–Crippen LogP) is 3.79. The average Bonchev–Trinajstić information content (AvgIpc) is 2.90. The molecule has 2 aromatic rings. The molecular weight excluding hydrogens is 236 g/mol. The van der Waals surface area contributed by atoms with Crippen molar-refractivity contribution in [3.63, 3.8) is 0 Å². The van der Waals surface area contributed by atoms with E-state index in [0.717, 1.165) is 24.5 Å². The molecule has 0 atom stereocenters. The lowest BCUT2D eigenvalue weighted by molar-refractivity contribution is 0.969. The number of aromatic nitrogens is 1. The Balaban J connectivity index is 1.96. The molecule has 1 N–H and O–H groups in total. The van der Waals surface area contributed by atoms with Crippen LogP contribution in [0.1, 0.15) is 23.1 Å². The van der Waals surface area contributed by atoms with E-state index < -0.39 is 0 Å². The lowest BCUT2D eigenvalue weighted by Crippen LogP contribution is -1.99. The summed E-state index contributed by atoms with van der Waals surface area (Å²) in [5, 5.41) is 6.65. The van der Waals surface area contributed by atoms with Crippen LogP contribution in [0.3, 0.4) is 0 Å². The van der Waals surface area contributed by atoms with Crippen LogP contribution in [0, 0.1) is 0 Å². The van der Waals surface area contributed by atoms with E-state index in [1.54, 1.807) is 0 Å². The molecule has 0 saturated heterocycles. The molecule has 1 aliphatic carbocycles. The first kappa shape index (κ1) is 10.3. The molecule has 2 heterocycles. The first-order chi connectivity index (χ1) is 7.88. The number of nitrogens with zero attached hydrogens (tertiary/aromatic N) is 1. The summed E-state index contributed by atoms with van der Waals surface area (Å²) in [6.07, 6.45) is 3.50. The SMILES string of the molecule is CCCNc1nc2c(s1)CCc1sccc1-2. The molecule has 0 radical (unpaired) electrons. The first-order valence-electron chi connectivity index (χ1n) is 5.69. The van der Waals surface area contributed by atoms with Gasteiger partial charge in [0, 0.05) is 21.9 Å². The number of anilines is 1. The van der Waals surface area contributed by atoms with E-state index in [0.29, 0.717) is 0 Å². The van der Waals surface area contributed by atoms with Crippen LogP contribution in [0.15, 0.2) is 11.4 Å². The highest BCUT2D eigenvalue weighted by molar-refractivity contribution is 7.16. The van der Waals surface area contributed by atoms with Crippen LogP contribution in [0.2, 0.25) is 0 Å². The van der Waals surface area contributed by atoms with Gasteiger partial charge in [-0.05, 0) is 30.7 Å². The normalized spacial score (nSPS) is 13.3. The molecule has 0 bridgehead atoms. The summed E-state index contributed by atoms with van der Waals surface area (Å²) in [6.45, 7) is 3.19. The van der Waals surface area contributed by atoms with Gasteiger partial charge in [0.2, 0.25) is 0 Å². The zero-order chi connectivity index (χ0) is 11.0. The summed E-state index contributed by atoms with van der Waals surface area (Å²) in [5.74, 6) is 0. The Kier molecular flexibility index (Phi) is 2.69. The number of thiophene rings is 1. The van der Waals surface area contributed by atoms with E-state index in [2.05, 4.69) is 23.7 Å². The Labute approximate surface area is 103 Å². The fraction of sp³-hybridized carbons (Fsp3) is 0.417. The van der Waals surface area contributed by atoms with Crippen molar-refractivity contribution < 1.29 is 0 Å². The Morgan fingerprint density at radius 3 is 3.12 bits per heavy atom. The van der Waals surface area contributed by atoms with Gasteiger partial charge in [-0.1, -0.05) is 6.92 Å². The van der Waals surface area contributed by atoms with Gasteiger partial charge in [-0.2, -0.15) is 0 Å². The van der Waals surface area contributed by atoms with Crippen molar-refractivity contribution in [1.82, 2.24) is 4.98 Å². The molecule has 4 heteroatoms. The van der Waals surface area contributed by atoms with Crippen LogP contribution < -0.4 is 5.32 Å². The van der Waals surface area contributed by atoms with Crippen LogP contribution in [-0.2, 0) is 12.8 Å². The topological polar surface area (TPSA) is 24.9 Å². The number of aryl methyl sites for hydroxylation is 2. The van der Waals surface area contributed by atoms with E-state index in [4.69, 9.17) is 4.98 Å². The number of rotatable bonds is 3. The average molecular weight is 250 g/mol. The largest absolute Gasteiger partial charge is 0.362 e. The molecule has 0 fully saturated rings. The van der Waals surface area contributed by atoms with Crippen molar-refractivity contribution in [1.29, 1.82) is 0 Å². The van der Waals surface area contributed by atoms with Crippen LogP contribution >= 0.6 is 22.7 Å². The van der Waals surface area contributed by atoms with E-state index in [1.807, 2.05) is 22.7 Å². The predicted molar refractivity (Wildman–Crippen MR) is 71.6 cm³/mol. The fourth-order valence-electron chi connectivity index (χ4n) is 2.01. The molecule has 0 spiro atoms. The van der Waals surface area contributed by atoms with Gasteiger partial charge in [0.25, 0.3) is 0 Å². The molecule has 0 unspecified atom stereocenters. The second-order valence-corrected chi connectivity index (χ2v) is 6.06. The van der Waals surface area contributed by atoms with Gasteiger partial charge < -0.3 is 5.32 Å². The maximum Gasteiger partial charge on any atom is 0.183 e. The molecule has 84 valence electrons. The van der Waals surface area contributed by atoms with E-state index >= 15 is 0 Å². The van der Waals surface area contributed by atoms with E-state index in [9.17, 15) is 0 Å². The van der Waals surface area contributed by atoms with E-state index in [-0.39, 0.29) is 0 Å². The highest BCUT2D eigenvalue weighted by Gasteiger charge is 2.21. The van der Waals surface area contributed by atoms with Gasteiger partial charge >= 0.3 is 0 Å². The van der Waals surface area contributed by atoms with Crippen molar-refractivity contribution >= 4 is 27.8 Å². The van der Waals surface area contributed by atoms with Gasteiger partial charge in [-0.15, -0.1) is 22.7 Å². The molecule has 0 amide bonds. The first-order valence-corrected chi connectivity index (χ1v) is 7.38. The van der Waals surface area contributed by atoms with Crippen LogP contribution in [0.4, 0.5) is 5.13 Å². The number of nitrogens with one attached hydrogen (secondary N) is 1. The Morgan fingerprint density at radius 1 is 1.38 bits per heavy atom. The van der Waals surface area contributed by atoms with Gasteiger partial charge in [0.05, 0.1) is 5.69 Å². The summed E-state index contributed by atoms with van der Waals surface area (Å²) in [4.78, 5) is 7.66. The summed E-state index contributed by atoms with van der Waals surface area (Å²) in [6, 6.07) is 2.21. The number of hydrogen-bond acceptors (Lipinski definition) is 4. The minimum absolute atomic E-state index is 1.02. The standard InChI is InChI=1S/C12H14N2S2/c1-2-6-13-12-14-11-8-5-7-15-9(8)3-4-10(11)16-12/h5,7H,2-4,6H2,1H3,(H,13,14). The maximum atomic E-state index is 4.72. The maximum absolute atomic E-state index is 4.72. The van der Waals surface area contributed by atoms with Crippen LogP contribution in [-0.4, -0.2) is 11.5 Å². The van der Waals surface area contributed by atoms with Crippen molar-refractivity contribution in [3.8, 4) is 11.3 Å². The summed E-state index contributed by atoms with van der Waals surface area (Å²) in [7, 11) is 0. The lowest BCUT2D eigenvalue weighted by atomic mass is 10.0. The molecule has 0 aromatic carbocycles. The van der Waals surface area contributed by atoms with Gasteiger partial charge in [0.1, 0.15) is 0 Å². The molecular formula is C12H14N2S2. The minimum Gasteiger partial charge on any atom is -0.362 e. The van der Waals surface area contributed by atoms with Gasteiger partial charge in [0.15, 0.2) is 5.13 Å². The zero-order valence-corrected chi connectivity index (χ0v) is 10.9. The monoisotopic (exact) mass is 250 g/mol. The third kappa shape index (κ3) is 1.66. The molecule has 2 aromatic heterocycles. The Morgan fingerprint density at radius 2 is 2.25 bits per heavy atom. The number of hydrogen-bond donors (Lipinski definition) is 1. The van der Waals surface area contributed by atoms with Gasteiger partial charge in [-0.25, -0.2) is 4.98 Å². The smallest absolute Gasteiger partial charge is 0.183 e. The quantitative estimate of drug-likeness (QED) is 0.896. The third-order valence-electron chi connectivity index (χ3n) is 2.80. The second-order valence-electron chi connectivity index (χ2n) is 3.98. The minimum atomic E-state index is 1.02. The number of fused-ring (bicyclic) bond motifs is 3. The summed E-state index contributed by atoms with van der Waals surface area (Å²) < 4.78 is 0. The lowest BCUT2D eigenvalue weighted by Gasteiger charge is -2.08. The highest BCUT2D eigenvalue weighted by atomic mass is 32.1. The fourth-order valence-corrected chi connectivity index (χ4v) is 3.89. The Bertz CT molecular complexity index is 499. The van der Waals surface area contributed by atoms with Crippen LogP contribution in [0.5, 0.6) is 0 Å². The molecule has 2 nitrogen and oxygen atoms in total. The summed E-state index contributed by atoms with van der Waals surface area (Å²) in [5.41, 5.74) is 2.60. The number of thiazole rings is 1.